The maximum atomic E-state index is 12.0. The highest BCUT2D eigenvalue weighted by atomic mass is 32.1. The van der Waals surface area contributed by atoms with Gasteiger partial charge >= 0.3 is 6.03 Å². The third-order valence-electron chi connectivity index (χ3n) is 5.34. The molecule has 2 amide bonds. The van der Waals surface area contributed by atoms with Gasteiger partial charge in [-0.3, -0.25) is 4.90 Å². The van der Waals surface area contributed by atoms with E-state index in [4.69, 9.17) is 4.74 Å². The van der Waals surface area contributed by atoms with Crippen molar-refractivity contribution in [2.75, 3.05) is 32.8 Å². The molecule has 27 heavy (non-hydrogen) atoms. The Kier molecular flexibility index (Phi) is 6.07. The third kappa shape index (κ3) is 4.89. The van der Waals surface area contributed by atoms with Crippen molar-refractivity contribution < 1.29 is 9.53 Å². The lowest BCUT2D eigenvalue weighted by molar-refractivity contribution is 0.110. The van der Waals surface area contributed by atoms with Crippen LogP contribution in [-0.4, -0.2) is 43.7 Å². The summed E-state index contributed by atoms with van der Waals surface area (Å²) in [6.07, 6.45) is 2.97. The van der Waals surface area contributed by atoms with Crippen LogP contribution in [0.25, 0.3) is 0 Å². The predicted molar refractivity (Wildman–Crippen MR) is 108 cm³/mol. The zero-order chi connectivity index (χ0) is 18.5. The van der Waals surface area contributed by atoms with Crippen LogP contribution >= 0.6 is 11.3 Å². The fourth-order valence-corrected chi connectivity index (χ4v) is 4.67. The Morgan fingerprint density at radius 1 is 1.11 bits per heavy atom. The SMILES string of the molecule is O=C(NCCc1ccc2c(c1)CCOC2)NCCN1CCc2sccc2C1. The van der Waals surface area contributed by atoms with Gasteiger partial charge in [0.25, 0.3) is 0 Å². The molecule has 2 N–H and O–H groups in total. The molecule has 0 saturated heterocycles. The number of carbonyl (C=O) groups is 1. The molecule has 0 atom stereocenters. The standard InChI is InChI=1S/C21H27N3O2S/c25-21(23-8-10-24-9-4-20-18(14-24)6-12-27-20)22-7-3-16-1-2-19-15-26-11-5-17(19)13-16/h1-2,6,12-13H,3-5,7-11,14-15H2,(H2,22,23,25). The highest BCUT2D eigenvalue weighted by molar-refractivity contribution is 7.10. The maximum absolute atomic E-state index is 12.0. The first-order valence-electron chi connectivity index (χ1n) is 9.75. The first-order chi connectivity index (χ1) is 13.3. The number of nitrogens with zero attached hydrogens (tertiary/aromatic N) is 1. The Labute approximate surface area is 164 Å². The van der Waals surface area contributed by atoms with E-state index in [-0.39, 0.29) is 6.03 Å². The molecule has 2 aliphatic heterocycles. The van der Waals surface area contributed by atoms with Gasteiger partial charge in [0.1, 0.15) is 0 Å². The molecule has 5 nitrogen and oxygen atoms in total. The van der Waals surface area contributed by atoms with Gasteiger partial charge in [0.15, 0.2) is 0 Å². The fourth-order valence-electron chi connectivity index (χ4n) is 3.78. The summed E-state index contributed by atoms with van der Waals surface area (Å²) in [5, 5.41) is 8.12. The van der Waals surface area contributed by atoms with E-state index in [1.54, 1.807) is 0 Å². The lowest BCUT2D eigenvalue weighted by Crippen LogP contribution is -2.42. The zero-order valence-corrected chi connectivity index (χ0v) is 16.4. The molecule has 144 valence electrons. The van der Waals surface area contributed by atoms with E-state index in [9.17, 15) is 4.79 Å². The van der Waals surface area contributed by atoms with E-state index < -0.39 is 0 Å². The van der Waals surface area contributed by atoms with Crippen LogP contribution in [0.1, 0.15) is 27.1 Å². The van der Waals surface area contributed by atoms with E-state index in [1.807, 2.05) is 11.3 Å². The van der Waals surface area contributed by atoms with Crippen LogP contribution in [-0.2, 0) is 37.2 Å². The van der Waals surface area contributed by atoms with E-state index in [1.165, 1.54) is 27.1 Å². The molecule has 3 heterocycles. The summed E-state index contributed by atoms with van der Waals surface area (Å²) in [5.41, 5.74) is 5.41. The average Bonchev–Trinajstić information content (AvgIpc) is 3.16. The molecular weight excluding hydrogens is 358 g/mol. The van der Waals surface area contributed by atoms with E-state index >= 15 is 0 Å². The van der Waals surface area contributed by atoms with Crippen molar-refractivity contribution in [3.05, 3.63) is 56.8 Å². The number of hydrogen-bond donors (Lipinski definition) is 2. The van der Waals surface area contributed by atoms with Crippen molar-refractivity contribution in [1.82, 2.24) is 15.5 Å². The predicted octanol–water partition coefficient (Wildman–Crippen LogP) is 2.72. The largest absolute Gasteiger partial charge is 0.376 e. The minimum absolute atomic E-state index is 0.0745. The quantitative estimate of drug-likeness (QED) is 0.804. The number of thiophene rings is 1. The van der Waals surface area contributed by atoms with Crippen LogP contribution in [0.4, 0.5) is 4.79 Å². The van der Waals surface area contributed by atoms with Crippen LogP contribution in [0, 0.1) is 0 Å². The Morgan fingerprint density at radius 2 is 2.04 bits per heavy atom. The number of ether oxygens (including phenoxy) is 1. The molecule has 4 rings (SSSR count). The zero-order valence-electron chi connectivity index (χ0n) is 15.6. The molecule has 0 aliphatic carbocycles. The number of nitrogens with one attached hydrogen (secondary N) is 2. The summed E-state index contributed by atoms with van der Waals surface area (Å²) in [7, 11) is 0. The van der Waals surface area contributed by atoms with Gasteiger partial charge in [-0.2, -0.15) is 0 Å². The molecule has 0 radical (unpaired) electrons. The first kappa shape index (κ1) is 18.5. The van der Waals surface area contributed by atoms with Crippen molar-refractivity contribution in [2.24, 2.45) is 0 Å². The van der Waals surface area contributed by atoms with Gasteiger partial charge < -0.3 is 15.4 Å². The van der Waals surface area contributed by atoms with Crippen molar-refractivity contribution >= 4 is 17.4 Å². The van der Waals surface area contributed by atoms with Crippen LogP contribution < -0.4 is 10.6 Å². The molecule has 0 fully saturated rings. The molecule has 0 unspecified atom stereocenters. The molecule has 0 spiro atoms. The Balaban J connectivity index is 1.13. The van der Waals surface area contributed by atoms with Gasteiger partial charge in [0.2, 0.25) is 0 Å². The molecule has 1 aromatic heterocycles. The molecule has 6 heteroatoms. The molecule has 0 saturated carbocycles. The number of amides is 2. The normalized spacial score (nSPS) is 16.4. The summed E-state index contributed by atoms with van der Waals surface area (Å²) in [4.78, 5) is 15.9. The topological polar surface area (TPSA) is 53.6 Å². The van der Waals surface area contributed by atoms with Crippen LogP contribution in [0.3, 0.4) is 0 Å². The van der Waals surface area contributed by atoms with Crippen molar-refractivity contribution in [3.63, 3.8) is 0 Å². The number of urea groups is 1. The van der Waals surface area contributed by atoms with Gasteiger partial charge in [-0.25, -0.2) is 4.79 Å². The fraction of sp³-hybridized carbons (Fsp3) is 0.476. The second-order valence-corrected chi connectivity index (χ2v) is 8.23. The Bertz CT molecular complexity index is 789. The van der Waals surface area contributed by atoms with Crippen LogP contribution in [0.2, 0.25) is 0 Å². The van der Waals surface area contributed by atoms with E-state index in [2.05, 4.69) is 45.2 Å². The number of rotatable bonds is 6. The summed E-state index contributed by atoms with van der Waals surface area (Å²) < 4.78 is 5.47. The Morgan fingerprint density at radius 3 is 3.00 bits per heavy atom. The second kappa shape index (κ2) is 8.87. The van der Waals surface area contributed by atoms with Gasteiger partial charge in [0.05, 0.1) is 13.2 Å². The number of fused-ring (bicyclic) bond motifs is 2. The smallest absolute Gasteiger partial charge is 0.314 e. The molecule has 0 bridgehead atoms. The minimum Gasteiger partial charge on any atom is -0.376 e. The third-order valence-corrected chi connectivity index (χ3v) is 6.37. The summed E-state index contributed by atoms with van der Waals surface area (Å²) in [6.45, 7) is 5.86. The first-order valence-corrected chi connectivity index (χ1v) is 10.6. The monoisotopic (exact) mass is 385 g/mol. The van der Waals surface area contributed by atoms with Crippen molar-refractivity contribution in [2.45, 2.75) is 32.4 Å². The highest BCUT2D eigenvalue weighted by Gasteiger charge is 2.16. The number of benzene rings is 1. The lowest BCUT2D eigenvalue weighted by Gasteiger charge is -2.26. The van der Waals surface area contributed by atoms with Gasteiger partial charge in [-0.05, 0) is 53.0 Å². The molecular formula is C21H27N3O2S. The Hall–Kier alpha value is -1.89. The molecule has 1 aromatic carbocycles. The average molecular weight is 386 g/mol. The summed E-state index contributed by atoms with van der Waals surface area (Å²) in [6, 6.07) is 8.70. The van der Waals surface area contributed by atoms with E-state index in [0.717, 1.165) is 52.1 Å². The number of hydrogen-bond acceptors (Lipinski definition) is 4. The summed E-state index contributed by atoms with van der Waals surface area (Å²) >= 11 is 1.86. The highest BCUT2D eigenvalue weighted by Crippen LogP contribution is 2.23. The van der Waals surface area contributed by atoms with Gasteiger partial charge in [-0.1, -0.05) is 18.2 Å². The molecule has 2 aliphatic rings. The minimum atomic E-state index is -0.0745. The number of carbonyl (C=O) groups excluding carboxylic acids is 1. The second-order valence-electron chi connectivity index (χ2n) is 7.23. The molecule has 2 aromatic rings. The van der Waals surface area contributed by atoms with Crippen LogP contribution in [0.5, 0.6) is 0 Å². The van der Waals surface area contributed by atoms with Gasteiger partial charge in [0, 0.05) is 37.6 Å². The van der Waals surface area contributed by atoms with Gasteiger partial charge in [-0.15, -0.1) is 11.3 Å². The van der Waals surface area contributed by atoms with Crippen LogP contribution in [0.15, 0.2) is 29.6 Å². The maximum Gasteiger partial charge on any atom is 0.314 e. The lowest BCUT2D eigenvalue weighted by atomic mass is 9.99. The van der Waals surface area contributed by atoms with Crippen molar-refractivity contribution in [1.29, 1.82) is 0 Å². The summed E-state index contributed by atoms with van der Waals surface area (Å²) in [5.74, 6) is 0. The van der Waals surface area contributed by atoms with Crippen molar-refractivity contribution in [3.8, 4) is 0 Å². The van der Waals surface area contributed by atoms with E-state index in [0.29, 0.717) is 13.1 Å².